The first-order chi connectivity index (χ1) is 14.8. The van der Waals surface area contributed by atoms with Gasteiger partial charge in [0, 0.05) is 12.4 Å². The standard InChI is InChI=1S/C24H44O7/c1-2-3-4-5-6-7-8-9-10-11-12-13-14-15-16-17-18-31-22(27)20-24(30,23(28)29)19-21(25)26/h30H,2-20H2,1H3,(H,25,26)(H,28,29)/p-2/t24-/m1/s1. The van der Waals surface area contributed by atoms with Gasteiger partial charge in [0.05, 0.1) is 19.0 Å². The Labute approximate surface area is 187 Å². The Kier molecular flexibility index (Phi) is 18.1. The molecule has 0 saturated heterocycles. The molecule has 0 rings (SSSR count). The van der Waals surface area contributed by atoms with E-state index in [9.17, 15) is 29.7 Å². The average Bonchev–Trinajstić information content (AvgIpc) is 2.69. The van der Waals surface area contributed by atoms with Gasteiger partial charge in [0.2, 0.25) is 0 Å². The summed E-state index contributed by atoms with van der Waals surface area (Å²) in [6.45, 7) is 2.36. The summed E-state index contributed by atoms with van der Waals surface area (Å²) < 4.78 is 4.89. The molecule has 0 aliphatic heterocycles. The Balaban J connectivity index is 3.49. The van der Waals surface area contributed by atoms with E-state index in [-0.39, 0.29) is 6.61 Å². The van der Waals surface area contributed by atoms with Gasteiger partial charge in [-0.05, 0) is 6.42 Å². The first kappa shape index (κ1) is 29.4. The summed E-state index contributed by atoms with van der Waals surface area (Å²) in [7, 11) is 0. The number of carbonyl (C=O) groups is 3. The second-order valence-electron chi connectivity index (χ2n) is 8.57. The third-order valence-corrected chi connectivity index (χ3v) is 5.51. The predicted molar refractivity (Wildman–Crippen MR) is 115 cm³/mol. The van der Waals surface area contributed by atoms with Crippen LogP contribution < -0.4 is 10.2 Å². The van der Waals surface area contributed by atoms with Gasteiger partial charge >= 0.3 is 5.97 Å². The van der Waals surface area contributed by atoms with Gasteiger partial charge in [-0.1, -0.05) is 103 Å². The molecule has 0 spiro atoms. The third-order valence-electron chi connectivity index (χ3n) is 5.51. The molecular formula is C24H42O7-2. The van der Waals surface area contributed by atoms with Crippen LogP contribution in [0.4, 0.5) is 0 Å². The van der Waals surface area contributed by atoms with Crippen LogP contribution in [0.1, 0.15) is 122 Å². The lowest BCUT2D eigenvalue weighted by atomic mass is 9.96. The number of hydrogen-bond acceptors (Lipinski definition) is 7. The lowest BCUT2D eigenvalue weighted by molar-refractivity contribution is -0.333. The summed E-state index contributed by atoms with van der Waals surface area (Å²) in [6.07, 6.45) is 17.5. The van der Waals surface area contributed by atoms with E-state index in [1.54, 1.807) is 0 Å². The minimum Gasteiger partial charge on any atom is -0.550 e. The van der Waals surface area contributed by atoms with Crippen molar-refractivity contribution < 1.29 is 34.4 Å². The van der Waals surface area contributed by atoms with Crippen molar-refractivity contribution in [3.63, 3.8) is 0 Å². The van der Waals surface area contributed by atoms with E-state index in [1.807, 2.05) is 0 Å². The quantitative estimate of drug-likeness (QED) is 0.202. The highest BCUT2D eigenvalue weighted by Gasteiger charge is 2.32. The lowest BCUT2D eigenvalue weighted by Crippen LogP contribution is -2.52. The fourth-order valence-corrected chi connectivity index (χ4v) is 3.57. The molecule has 31 heavy (non-hydrogen) atoms. The van der Waals surface area contributed by atoms with Crippen LogP contribution in [0, 0.1) is 0 Å². The molecule has 0 bridgehead atoms. The number of carboxylic acid groups (broad SMARTS) is 2. The zero-order chi connectivity index (χ0) is 23.4. The first-order valence-corrected chi connectivity index (χ1v) is 12.1. The van der Waals surface area contributed by atoms with Gasteiger partial charge in [0.15, 0.2) is 0 Å². The molecule has 0 aromatic heterocycles. The summed E-state index contributed by atoms with van der Waals surface area (Å²) in [4.78, 5) is 33.0. The van der Waals surface area contributed by atoms with Crippen LogP contribution in [0.2, 0.25) is 0 Å². The van der Waals surface area contributed by atoms with E-state index in [2.05, 4.69) is 6.92 Å². The topological polar surface area (TPSA) is 127 Å². The van der Waals surface area contributed by atoms with Crippen molar-refractivity contribution in [1.82, 2.24) is 0 Å². The van der Waals surface area contributed by atoms with E-state index in [1.165, 1.54) is 77.0 Å². The number of ether oxygens (including phenoxy) is 1. The SMILES string of the molecule is CCCCCCCCCCCCCCCCCCOC(=O)C[C@](O)(CC(=O)[O-])C(=O)[O-]. The highest BCUT2D eigenvalue weighted by molar-refractivity contribution is 5.87. The highest BCUT2D eigenvalue weighted by atomic mass is 16.5. The average molecular weight is 443 g/mol. The summed E-state index contributed by atoms with van der Waals surface area (Å²) in [5.41, 5.74) is -2.80. The van der Waals surface area contributed by atoms with Crippen molar-refractivity contribution in [3.8, 4) is 0 Å². The summed E-state index contributed by atoms with van der Waals surface area (Å²) in [5.74, 6) is -4.78. The zero-order valence-corrected chi connectivity index (χ0v) is 19.3. The van der Waals surface area contributed by atoms with Gasteiger partial charge in [-0.2, -0.15) is 0 Å². The van der Waals surface area contributed by atoms with E-state index in [4.69, 9.17) is 4.74 Å². The normalized spacial score (nSPS) is 13.0. The molecule has 0 amide bonds. The van der Waals surface area contributed by atoms with Crippen LogP contribution >= 0.6 is 0 Å². The van der Waals surface area contributed by atoms with Crippen LogP contribution in [0.5, 0.6) is 0 Å². The number of aliphatic carboxylic acids is 2. The molecule has 0 aromatic rings. The smallest absolute Gasteiger partial charge is 0.309 e. The van der Waals surface area contributed by atoms with Crippen molar-refractivity contribution >= 4 is 17.9 Å². The van der Waals surface area contributed by atoms with Gasteiger partial charge in [0.1, 0.15) is 5.60 Å². The summed E-state index contributed by atoms with van der Waals surface area (Å²) >= 11 is 0. The second-order valence-corrected chi connectivity index (χ2v) is 8.57. The number of carbonyl (C=O) groups excluding carboxylic acids is 3. The van der Waals surface area contributed by atoms with Crippen molar-refractivity contribution in [3.05, 3.63) is 0 Å². The third kappa shape index (κ3) is 17.7. The second kappa shape index (κ2) is 19.1. The molecule has 0 saturated carbocycles. The number of aliphatic hydroxyl groups is 1. The molecule has 0 heterocycles. The van der Waals surface area contributed by atoms with Crippen LogP contribution in [0.25, 0.3) is 0 Å². The maximum absolute atomic E-state index is 11.6. The summed E-state index contributed by atoms with van der Waals surface area (Å²) in [6, 6.07) is 0. The molecule has 7 nitrogen and oxygen atoms in total. The fraction of sp³-hybridized carbons (Fsp3) is 0.875. The maximum atomic E-state index is 11.6. The number of esters is 1. The number of carboxylic acids is 2. The molecule has 0 unspecified atom stereocenters. The van der Waals surface area contributed by atoms with Crippen LogP contribution in [-0.2, 0) is 19.1 Å². The lowest BCUT2D eigenvalue weighted by Gasteiger charge is -2.28. The zero-order valence-electron chi connectivity index (χ0n) is 19.3. The van der Waals surface area contributed by atoms with Gasteiger partial charge in [-0.3, -0.25) is 4.79 Å². The molecule has 1 N–H and O–H groups in total. The van der Waals surface area contributed by atoms with Crippen molar-refractivity contribution in [2.45, 2.75) is 128 Å². The molecule has 182 valence electrons. The van der Waals surface area contributed by atoms with Crippen LogP contribution in [0.15, 0.2) is 0 Å². The van der Waals surface area contributed by atoms with E-state index in [0.29, 0.717) is 6.42 Å². The van der Waals surface area contributed by atoms with E-state index >= 15 is 0 Å². The van der Waals surface area contributed by atoms with Crippen LogP contribution in [-0.4, -0.2) is 35.2 Å². The number of hydrogen-bond donors (Lipinski definition) is 1. The minimum absolute atomic E-state index is 0.117. The van der Waals surface area contributed by atoms with Gasteiger partial charge in [-0.15, -0.1) is 0 Å². The first-order valence-electron chi connectivity index (χ1n) is 12.1. The Morgan fingerprint density at radius 1 is 0.677 bits per heavy atom. The van der Waals surface area contributed by atoms with Gasteiger partial charge in [-0.25, -0.2) is 0 Å². The summed E-state index contributed by atoms with van der Waals surface area (Å²) in [5, 5.41) is 31.1. The fourth-order valence-electron chi connectivity index (χ4n) is 3.57. The van der Waals surface area contributed by atoms with Crippen molar-refractivity contribution in [2.75, 3.05) is 6.61 Å². The molecule has 1 atom stereocenters. The molecule has 0 radical (unpaired) electrons. The number of rotatable bonds is 22. The van der Waals surface area contributed by atoms with Gasteiger partial charge < -0.3 is 29.6 Å². The Morgan fingerprint density at radius 2 is 1.06 bits per heavy atom. The maximum Gasteiger partial charge on any atom is 0.309 e. The molecular weight excluding hydrogens is 400 g/mol. The molecule has 0 aliphatic carbocycles. The number of unbranched alkanes of at least 4 members (excludes halogenated alkanes) is 15. The van der Waals surface area contributed by atoms with Gasteiger partial charge in [0.25, 0.3) is 0 Å². The predicted octanol–water partition coefficient (Wildman–Crippen LogP) is 2.80. The molecule has 0 aromatic carbocycles. The Bertz CT molecular complexity index is 492. The monoisotopic (exact) mass is 442 g/mol. The van der Waals surface area contributed by atoms with Crippen molar-refractivity contribution in [2.24, 2.45) is 0 Å². The van der Waals surface area contributed by atoms with Crippen molar-refractivity contribution in [1.29, 1.82) is 0 Å². The molecule has 0 aliphatic rings. The molecule has 7 heteroatoms. The minimum atomic E-state index is -2.80. The Hall–Kier alpha value is -1.63. The van der Waals surface area contributed by atoms with Crippen LogP contribution in [0.3, 0.4) is 0 Å². The Morgan fingerprint density at radius 3 is 1.42 bits per heavy atom. The van der Waals surface area contributed by atoms with E-state index in [0.717, 1.165) is 19.3 Å². The van der Waals surface area contributed by atoms with E-state index < -0.39 is 36.4 Å². The molecule has 0 fully saturated rings. The highest BCUT2D eigenvalue weighted by Crippen LogP contribution is 2.16. The largest absolute Gasteiger partial charge is 0.550 e.